The van der Waals surface area contributed by atoms with Crippen LogP contribution in [0, 0.1) is 0 Å². The lowest BCUT2D eigenvalue weighted by atomic mass is 10.00. The molecule has 2 aliphatic rings. The van der Waals surface area contributed by atoms with E-state index in [1.807, 2.05) is 6.07 Å². The third-order valence-corrected chi connectivity index (χ3v) is 8.12. The molecule has 1 fully saturated rings. The van der Waals surface area contributed by atoms with E-state index in [-0.39, 0.29) is 12.7 Å². The van der Waals surface area contributed by atoms with E-state index in [0.717, 1.165) is 18.4 Å². The van der Waals surface area contributed by atoms with Crippen LogP contribution in [0.25, 0.3) is 11.5 Å². The van der Waals surface area contributed by atoms with Crippen LogP contribution in [0.15, 0.2) is 44.3 Å². The summed E-state index contributed by atoms with van der Waals surface area (Å²) in [5, 5.41) is 10.1. The second-order valence-corrected chi connectivity index (χ2v) is 9.76. The number of fused-ring (bicyclic) bond motifs is 1. The van der Waals surface area contributed by atoms with Crippen LogP contribution in [-0.2, 0) is 10.0 Å². The molecule has 0 saturated carbocycles. The summed E-state index contributed by atoms with van der Waals surface area (Å²) in [6, 6.07) is 8.81. The van der Waals surface area contributed by atoms with Crippen molar-refractivity contribution in [3.05, 3.63) is 41.6 Å². The van der Waals surface area contributed by atoms with Crippen LogP contribution < -0.4 is 9.47 Å². The number of sulfonamides is 1. The smallest absolute Gasteiger partial charge is 0.252 e. The summed E-state index contributed by atoms with van der Waals surface area (Å²) in [6.45, 7) is 1.04. The predicted molar refractivity (Wildman–Crippen MR) is 101 cm³/mol. The van der Waals surface area contributed by atoms with Gasteiger partial charge in [0.15, 0.2) is 11.5 Å². The van der Waals surface area contributed by atoms with Gasteiger partial charge in [-0.3, -0.25) is 0 Å². The lowest BCUT2D eigenvalue weighted by Gasteiger charge is -2.29. The van der Waals surface area contributed by atoms with Gasteiger partial charge in [-0.15, -0.1) is 21.5 Å². The van der Waals surface area contributed by atoms with Crippen molar-refractivity contribution in [3.63, 3.8) is 0 Å². The molecule has 0 spiro atoms. The number of hydrogen-bond acceptors (Lipinski definition) is 8. The number of hydrogen-bond donors (Lipinski definition) is 0. The molecule has 0 aliphatic carbocycles. The standard InChI is InChI=1S/C18H17N3O5S2/c22-28(23,16-4-2-8-27-16)21-7-1-3-13(10-21)18-20-19-17(26-18)12-5-6-14-15(9-12)25-11-24-14/h2,4-6,8-9,13H,1,3,7,10-11H2/t13-/m0/s1. The third kappa shape index (κ3) is 3.07. The minimum Gasteiger partial charge on any atom is -0.454 e. The maximum Gasteiger partial charge on any atom is 0.252 e. The lowest BCUT2D eigenvalue weighted by molar-refractivity contribution is 0.174. The van der Waals surface area contributed by atoms with E-state index in [2.05, 4.69) is 10.2 Å². The quantitative estimate of drug-likeness (QED) is 0.641. The number of nitrogens with zero attached hydrogens (tertiary/aromatic N) is 3. The summed E-state index contributed by atoms with van der Waals surface area (Å²) in [5.41, 5.74) is 0.738. The fourth-order valence-corrected chi connectivity index (χ4v) is 6.11. The molecule has 1 atom stereocenters. The lowest BCUT2D eigenvalue weighted by Crippen LogP contribution is -2.38. The highest BCUT2D eigenvalue weighted by Crippen LogP contribution is 2.37. The molecule has 3 aromatic rings. The summed E-state index contributed by atoms with van der Waals surface area (Å²) in [7, 11) is -3.48. The van der Waals surface area contributed by atoms with Gasteiger partial charge in [-0.1, -0.05) is 6.07 Å². The van der Waals surface area contributed by atoms with Crippen LogP contribution in [0.3, 0.4) is 0 Å². The molecule has 1 saturated heterocycles. The molecule has 28 heavy (non-hydrogen) atoms. The molecule has 5 rings (SSSR count). The van der Waals surface area contributed by atoms with Gasteiger partial charge in [0.1, 0.15) is 4.21 Å². The highest BCUT2D eigenvalue weighted by molar-refractivity contribution is 7.91. The minimum atomic E-state index is -3.48. The largest absolute Gasteiger partial charge is 0.454 e. The number of piperidine rings is 1. The van der Waals surface area contributed by atoms with Crippen LogP contribution in [-0.4, -0.2) is 42.8 Å². The van der Waals surface area contributed by atoms with Gasteiger partial charge in [0.25, 0.3) is 10.0 Å². The monoisotopic (exact) mass is 419 g/mol. The molecule has 0 amide bonds. The van der Waals surface area contributed by atoms with Crippen molar-refractivity contribution >= 4 is 21.4 Å². The molecule has 0 radical (unpaired) electrons. The molecular formula is C18H17N3O5S2. The maximum absolute atomic E-state index is 12.8. The zero-order valence-electron chi connectivity index (χ0n) is 14.8. The molecule has 2 aliphatic heterocycles. The summed E-state index contributed by atoms with van der Waals surface area (Å²) in [6.07, 6.45) is 1.55. The van der Waals surface area contributed by atoms with Crippen LogP contribution in [0.5, 0.6) is 11.5 Å². The first-order valence-electron chi connectivity index (χ1n) is 8.88. The first-order chi connectivity index (χ1) is 13.6. The summed E-state index contributed by atoms with van der Waals surface area (Å²) in [4.78, 5) is 0. The van der Waals surface area contributed by atoms with Gasteiger partial charge in [0.2, 0.25) is 18.6 Å². The van der Waals surface area contributed by atoms with E-state index in [4.69, 9.17) is 13.9 Å². The Labute approximate surface area is 165 Å². The van der Waals surface area contributed by atoms with Gasteiger partial charge in [-0.2, -0.15) is 4.31 Å². The summed E-state index contributed by atoms with van der Waals surface area (Å²) >= 11 is 1.23. The molecule has 2 aromatic heterocycles. The Kier molecular flexibility index (Phi) is 4.33. The number of rotatable bonds is 4. The Morgan fingerprint density at radius 2 is 2.04 bits per heavy atom. The minimum absolute atomic E-state index is 0.126. The predicted octanol–water partition coefficient (Wildman–Crippen LogP) is 3.10. The van der Waals surface area contributed by atoms with Crippen molar-refractivity contribution in [1.82, 2.24) is 14.5 Å². The third-order valence-electron chi connectivity index (χ3n) is 4.88. The fourth-order valence-electron chi connectivity index (χ4n) is 3.45. The van der Waals surface area contributed by atoms with Gasteiger partial charge >= 0.3 is 0 Å². The van der Waals surface area contributed by atoms with Gasteiger partial charge in [0, 0.05) is 18.7 Å². The zero-order chi connectivity index (χ0) is 19.1. The molecule has 0 N–H and O–H groups in total. The first-order valence-corrected chi connectivity index (χ1v) is 11.2. The fraction of sp³-hybridized carbons (Fsp3) is 0.333. The Morgan fingerprint density at radius 1 is 1.14 bits per heavy atom. The van der Waals surface area contributed by atoms with Gasteiger partial charge in [0.05, 0.1) is 5.92 Å². The van der Waals surface area contributed by atoms with Crippen LogP contribution in [0.4, 0.5) is 0 Å². The van der Waals surface area contributed by atoms with E-state index >= 15 is 0 Å². The van der Waals surface area contributed by atoms with E-state index in [1.54, 1.807) is 29.6 Å². The van der Waals surface area contributed by atoms with E-state index < -0.39 is 10.0 Å². The van der Waals surface area contributed by atoms with E-state index in [1.165, 1.54) is 15.6 Å². The van der Waals surface area contributed by atoms with E-state index in [0.29, 0.717) is 40.6 Å². The van der Waals surface area contributed by atoms with Crippen molar-refractivity contribution in [2.75, 3.05) is 19.9 Å². The Hall–Kier alpha value is -2.43. The van der Waals surface area contributed by atoms with Crippen molar-refractivity contribution in [1.29, 1.82) is 0 Å². The van der Waals surface area contributed by atoms with Crippen molar-refractivity contribution < 1.29 is 22.3 Å². The summed E-state index contributed by atoms with van der Waals surface area (Å²) < 4.78 is 44.1. The summed E-state index contributed by atoms with van der Waals surface area (Å²) in [5.74, 6) is 2.04. The van der Waals surface area contributed by atoms with Crippen molar-refractivity contribution in [3.8, 4) is 23.0 Å². The van der Waals surface area contributed by atoms with Crippen LogP contribution in [0.2, 0.25) is 0 Å². The molecular weight excluding hydrogens is 402 g/mol. The molecule has 146 valence electrons. The highest BCUT2D eigenvalue weighted by atomic mass is 32.2. The Bertz CT molecular complexity index is 1090. The highest BCUT2D eigenvalue weighted by Gasteiger charge is 2.33. The average Bonchev–Trinajstić information content (AvgIpc) is 3.49. The SMILES string of the molecule is O=S(=O)(c1cccs1)N1CCC[C@H](c2nnc(-c3ccc4c(c3)OCO4)o2)C1. The molecule has 1 aromatic carbocycles. The van der Waals surface area contributed by atoms with E-state index in [9.17, 15) is 8.42 Å². The van der Waals surface area contributed by atoms with Gasteiger partial charge < -0.3 is 13.9 Å². The Morgan fingerprint density at radius 3 is 2.89 bits per heavy atom. The molecule has 0 unspecified atom stereocenters. The molecule has 4 heterocycles. The second kappa shape index (κ2) is 6.87. The molecule has 10 heteroatoms. The van der Waals surface area contributed by atoms with Crippen molar-refractivity contribution in [2.45, 2.75) is 23.0 Å². The number of benzene rings is 1. The number of aromatic nitrogens is 2. The van der Waals surface area contributed by atoms with Crippen LogP contribution in [0.1, 0.15) is 24.7 Å². The van der Waals surface area contributed by atoms with Gasteiger partial charge in [-0.05, 0) is 42.5 Å². The number of ether oxygens (including phenoxy) is 2. The van der Waals surface area contributed by atoms with Crippen molar-refractivity contribution in [2.24, 2.45) is 0 Å². The maximum atomic E-state index is 12.8. The van der Waals surface area contributed by atoms with Gasteiger partial charge in [-0.25, -0.2) is 8.42 Å². The Balaban J connectivity index is 1.37. The molecule has 8 nitrogen and oxygen atoms in total. The second-order valence-electron chi connectivity index (χ2n) is 6.65. The van der Waals surface area contributed by atoms with Crippen LogP contribution >= 0.6 is 11.3 Å². The normalized spacial score (nSPS) is 19.8. The zero-order valence-corrected chi connectivity index (χ0v) is 16.4. The average molecular weight is 419 g/mol. The topological polar surface area (TPSA) is 94.8 Å². The molecule has 0 bridgehead atoms. The first kappa shape index (κ1) is 17.7. The number of thiophene rings is 1.